The zero-order valence-corrected chi connectivity index (χ0v) is 35.8. The number of amides is 5. The maximum Gasteiger partial charge on any atom is 0.255 e. The number of halogens is 3. The van der Waals surface area contributed by atoms with Crippen LogP contribution in [0.1, 0.15) is 35.2 Å². The SMILES string of the molecule is C=CC(=O)N1CCN(c2nc(NCCC(=O)N(C)CCOCCOCCOc3ccc4c(c3)CN(C3CCC(=O)NC3=O)C4=O)nc3c(F)c(-c4c(O)cccc4F)c(Cl)cc23)CC1. The number of aromatic hydroxyl groups is 1. The standard InChI is InChI=1S/C44H47ClF2N8O9/c1-3-35(58)53-13-15-54(16-14-53)41-29-24-30(45)37(38-31(46)5-4-6-33(38)56)39(47)40(29)50-44(51-41)48-12-11-36(59)52(2)17-18-62-19-20-63-21-22-64-27-7-8-28-26(23-27)25-55(43(28)61)32-9-10-34(57)49-42(32)60/h3-8,23-24,32,56H,1,9-22,25H2,2H3,(H,48,50,51)(H,49,57,60). The van der Waals surface area contributed by atoms with Crippen LogP contribution in [-0.2, 0) is 35.2 Å². The molecule has 0 saturated carbocycles. The molecule has 1 aromatic heterocycles. The van der Waals surface area contributed by atoms with Gasteiger partial charge >= 0.3 is 0 Å². The average molecular weight is 905 g/mol. The Labute approximate surface area is 371 Å². The van der Waals surface area contributed by atoms with Gasteiger partial charge in [-0.15, -0.1) is 0 Å². The molecule has 4 aromatic rings. The van der Waals surface area contributed by atoms with Crippen molar-refractivity contribution in [2.75, 3.05) is 89.6 Å². The van der Waals surface area contributed by atoms with Gasteiger partial charge in [0.2, 0.25) is 29.6 Å². The number of carbonyl (C=O) groups is 5. The number of likely N-dealkylation sites (N-methyl/N-ethyl adjacent to an activating group) is 1. The molecule has 0 radical (unpaired) electrons. The molecule has 1 unspecified atom stereocenters. The van der Waals surface area contributed by atoms with Crippen molar-refractivity contribution in [3.63, 3.8) is 0 Å². The topological polar surface area (TPSA) is 196 Å². The molecule has 0 aliphatic carbocycles. The average Bonchev–Trinajstić information content (AvgIpc) is 3.60. The van der Waals surface area contributed by atoms with Crippen molar-refractivity contribution in [2.45, 2.75) is 31.8 Å². The van der Waals surface area contributed by atoms with Gasteiger partial charge in [0.25, 0.3) is 5.91 Å². The number of anilines is 2. The maximum atomic E-state index is 16.4. The first-order valence-electron chi connectivity index (χ1n) is 20.7. The molecule has 0 bridgehead atoms. The number of phenolic OH excluding ortho intramolecular Hbond substituents is 1. The number of benzene rings is 3. The predicted molar refractivity (Wildman–Crippen MR) is 231 cm³/mol. The number of fused-ring (bicyclic) bond motifs is 2. The molecule has 0 spiro atoms. The van der Waals surface area contributed by atoms with Crippen LogP contribution in [0.4, 0.5) is 20.5 Å². The van der Waals surface area contributed by atoms with E-state index in [4.69, 9.17) is 25.8 Å². The van der Waals surface area contributed by atoms with Gasteiger partial charge < -0.3 is 44.2 Å². The van der Waals surface area contributed by atoms with Crippen molar-refractivity contribution in [3.05, 3.63) is 82.9 Å². The van der Waals surface area contributed by atoms with E-state index >= 15 is 4.39 Å². The smallest absolute Gasteiger partial charge is 0.255 e. The predicted octanol–water partition coefficient (Wildman–Crippen LogP) is 3.90. The van der Waals surface area contributed by atoms with Crippen molar-refractivity contribution < 1.29 is 52.1 Å². The van der Waals surface area contributed by atoms with Crippen LogP contribution < -0.4 is 20.3 Å². The highest BCUT2D eigenvalue weighted by Gasteiger charge is 2.39. The number of piperazine rings is 1. The van der Waals surface area contributed by atoms with Gasteiger partial charge in [0.05, 0.1) is 37.0 Å². The zero-order valence-electron chi connectivity index (χ0n) is 35.0. The second-order valence-corrected chi connectivity index (χ2v) is 15.7. The molecule has 3 N–H and O–H groups in total. The Morgan fingerprint density at radius 2 is 1.77 bits per heavy atom. The lowest BCUT2D eigenvalue weighted by molar-refractivity contribution is -0.137. The van der Waals surface area contributed by atoms with E-state index in [-0.39, 0.29) is 116 Å². The van der Waals surface area contributed by atoms with E-state index in [1.807, 2.05) is 4.90 Å². The first-order valence-corrected chi connectivity index (χ1v) is 21.1. The van der Waals surface area contributed by atoms with Crippen LogP contribution in [0.5, 0.6) is 11.5 Å². The minimum Gasteiger partial charge on any atom is -0.507 e. The van der Waals surface area contributed by atoms with E-state index in [9.17, 15) is 33.5 Å². The zero-order chi connectivity index (χ0) is 45.5. The molecule has 338 valence electrons. The van der Waals surface area contributed by atoms with Crippen molar-refractivity contribution in [2.24, 2.45) is 0 Å². The lowest BCUT2D eigenvalue weighted by Gasteiger charge is -2.35. The minimum atomic E-state index is -0.970. The van der Waals surface area contributed by atoms with Crippen LogP contribution in [0, 0.1) is 11.6 Å². The highest BCUT2D eigenvalue weighted by molar-refractivity contribution is 6.34. The lowest BCUT2D eigenvalue weighted by atomic mass is 10.0. The molecule has 20 heteroatoms. The number of piperidine rings is 1. The van der Waals surface area contributed by atoms with Crippen molar-refractivity contribution in [1.82, 2.24) is 30.0 Å². The summed E-state index contributed by atoms with van der Waals surface area (Å²) in [6.07, 6.45) is 1.75. The Hall–Kier alpha value is -6.44. The number of imide groups is 1. The van der Waals surface area contributed by atoms with E-state index in [1.54, 1.807) is 30.1 Å². The number of aromatic nitrogens is 2. The molecule has 3 aliphatic rings. The summed E-state index contributed by atoms with van der Waals surface area (Å²) in [7, 11) is 1.64. The minimum absolute atomic E-state index is 0.00310. The second kappa shape index (κ2) is 20.4. The summed E-state index contributed by atoms with van der Waals surface area (Å²) in [5.74, 6) is -2.96. The van der Waals surface area contributed by atoms with Gasteiger partial charge in [-0.25, -0.2) is 13.8 Å². The van der Waals surface area contributed by atoms with Crippen LogP contribution in [0.2, 0.25) is 5.02 Å². The monoisotopic (exact) mass is 904 g/mol. The fourth-order valence-electron chi connectivity index (χ4n) is 7.74. The third-order valence-corrected chi connectivity index (χ3v) is 11.5. The molecule has 1 atom stereocenters. The highest BCUT2D eigenvalue weighted by Crippen LogP contribution is 2.42. The molecule has 5 amide bonds. The van der Waals surface area contributed by atoms with Gasteiger partial charge in [0.15, 0.2) is 5.82 Å². The van der Waals surface area contributed by atoms with Gasteiger partial charge in [0, 0.05) is 82.2 Å². The Morgan fingerprint density at radius 1 is 1.02 bits per heavy atom. The third kappa shape index (κ3) is 10.2. The van der Waals surface area contributed by atoms with Crippen molar-refractivity contribution in [3.8, 4) is 22.6 Å². The summed E-state index contributed by atoms with van der Waals surface area (Å²) in [4.78, 5) is 77.5. The molecule has 2 fully saturated rings. The Kier molecular flexibility index (Phi) is 14.5. The highest BCUT2D eigenvalue weighted by atomic mass is 35.5. The first-order chi connectivity index (χ1) is 30.8. The Morgan fingerprint density at radius 3 is 2.50 bits per heavy atom. The number of rotatable bonds is 18. The van der Waals surface area contributed by atoms with E-state index in [2.05, 4.69) is 27.2 Å². The summed E-state index contributed by atoms with van der Waals surface area (Å²) in [6.45, 7) is 6.94. The summed E-state index contributed by atoms with van der Waals surface area (Å²) in [5.41, 5.74) is 0.276. The molecule has 3 aliphatic heterocycles. The van der Waals surface area contributed by atoms with Crippen molar-refractivity contribution >= 4 is 63.8 Å². The number of hydrogen-bond acceptors (Lipinski definition) is 13. The normalized spacial score (nSPS) is 16.2. The molecule has 17 nitrogen and oxygen atoms in total. The maximum absolute atomic E-state index is 16.4. The third-order valence-electron chi connectivity index (χ3n) is 11.2. The van der Waals surface area contributed by atoms with Gasteiger partial charge in [-0.1, -0.05) is 24.2 Å². The quantitative estimate of drug-likeness (QED) is 0.0740. The molecular weight excluding hydrogens is 858 g/mol. The van der Waals surface area contributed by atoms with Crippen LogP contribution >= 0.6 is 11.6 Å². The van der Waals surface area contributed by atoms with Gasteiger partial charge in [0.1, 0.15) is 41.3 Å². The number of nitrogens with one attached hydrogen (secondary N) is 2. The Bertz CT molecular complexity index is 2450. The first kappa shape index (κ1) is 45.6. The number of hydrogen-bond donors (Lipinski definition) is 3. The van der Waals surface area contributed by atoms with E-state index < -0.39 is 34.9 Å². The Balaban J connectivity index is 0.857. The van der Waals surface area contributed by atoms with E-state index in [0.29, 0.717) is 49.9 Å². The fraction of sp³-hybridized carbons (Fsp3) is 0.386. The molecule has 64 heavy (non-hydrogen) atoms. The molecular formula is C44H47ClF2N8O9. The van der Waals surface area contributed by atoms with Crippen molar-refractivity contribution in [1.29, 1.82) is 0 Å². The van der Waals surface area contributed by atoms with Crippen LogP contribution in [0.3, 0.4) is 0 Å². The number of ether oxygens (including phenoxy) is 3. The van der Waals surface area contributed by atoms with Gasteiger partial charge in [-0.05, 0) is 54.5 Å². The molecule has 4 heterocycles. The number of nitrogens with zero attached hydrogens (tertiary/aromatic N) is 6. The molecule has 3 aromatic carbocycles. The van der Waals surface area contributed by atoms with Crippen LogP contribution in [0.15, 0.2) is 55.1 Å². The van der Waals surface area contributed by atoms with Gasteiger partial charge in [-0.2, -0.15) is 4.98 Å². The number of carbonyl (C=O) groups excluding carboxylic acids is 5. The molecule has 7 rings (SSSR count). The van der Waals surface area contributed by atoms with E-state index in [1.165, 1.54) is 34.1 Å². The van der Waals surface area contributed by atoms with Crippen LogP contribution in [-0.4, -0.2) is 145 Å². The number of phenols is 1. The largest absolute Gasteiger partial charge is 0.507 e. The summed E-state index contributed by atoms with van der Waals surface area (Å²) in [6, 6.07) is 9.45. The lowest BCUT2D eigenvalue weighted by Crippen LogP contribution is -2.52. The summed E-state index contributed by atoms with van der Waals surface area (Å²) < 4.78 is 48.4. The fourth-order valence-corrected chi connectivity index (χ4v) is 8.02. The molecule has 2 saturated heterocycles. The van der Waals surface area contributed by atoms with E-state index in [0.717, 1.165) is 11.6 Å². The van der Waals surface area contributed by atoms with Crippen LogP contribution in [0.25, 0.3) is 22.0 Å². The van der Waals surface area contributed by atoms with Gasteiger partial charge in [-0.3, -0.25) is 29.3 Å². The summed E-state index contributed by atoms with van der Waals surface area (Å²) >= 11 is 6.55. The second-order valence-electron chi connectivity index (χ2n) is 15.2. The summed E-state index contributed by atoms with van der Waals surface area (Å²) in [5, 5.41) is 15.8.